The third-order valence-electron chi connectivity index (χ3n) is 3.93. The summed E-state index contributed by atoms with van der Waals surface area (Å²) in [5, 5.41) is 2.70. The van der Waals surface area contributed by atoms with Crippen molar-refractivity contribution in [3.63, 3.8) is 0 Å². The number of ether oxygens (including phenoxy) is 1. The summed E-state index contributed by atoms with van der Waals surface area (Å²) in [6, 6.07) is 2.55. The molecular formula is C18H21F2NO3. The lowest BCUT2D eigenvalue weighted by Crippen LogP contribution is -2.36. The molecular weight excluding hydrogens is 316 g/mol. The number of esters is 1. The van der Waals surface area contributed by atoms with Gasteiger partial charge < -0.3 is 10.1 Å². The monoisotopic (exact) mass is 337 g/mol. The van der Waals surface area contributed by atoms with Crippen molar-refractivity contribution in [2.75, 3.05) is 6.54 Å². The third-order valence-corrected chi connectivity index (χ3v) is 3.93. The lowest BCUT2D eigenvalue weighted by Gasteiger charge is -2.15. The molecule has 1 atom stereocenters. The van der Waals surface area contributed by atoms with Crippen LogP contribution in [0.25, 0.3) is 0 Å². The molecule has 0 bridgehead atoms. The van der Waals surface area contributed by atoms with Crippen molar-refractivity contribution >= 4 is 11.9 Å². The van der Waals surface area contributed by atoms with Gasteiger partial charge in [-0.15, -0.1) is 0 Å². The maximum atomic E-state index is 13.5. The predicted octanol–water partition coefficient (Wildman–Crippen LogP) is 3.52. The van der Waals surface area contributed by atoms with Crippen LogP contribution in [0.5, 0.6) is 0 Å². The Balaban J connectivity index is 1.80. The fraction of sp³-hybridized carbons (Fsp3) is 0.444. The predicted molar refractivity (Wildman–Crippen MR) is 85.4 cm³/mol. The summed E-state index contributed by atoms with van der Waals surface area (Å²) in [5.74, 6) is -3.24. The van der Waals surface area contributed by atoms with E-state index in [0.717, 1.165) is 31.4 Å². The van der Waals surface area contributed by atoms with Gasteiger partial charge in [0.15, 0.2) is 6.10 Å². The molecule has 2 rings (SSSR count). The van der Waals surface area contributed by atoms with Gasteiger partial charge in [0.25, 0.3) is 5.91 Å². The van der Waals surface area contributed by atoms with E-state index < -0.39 is 35.2 Å². The molecule has 0 aliphatic heterocycles. The summed E-state index contributed by atoms with van der Waals surface area (Å²) >= 11 is 0. The Kier molecular flexibility index (Phi) is 6.46. The molecule has 0 saturated heterocycles. The lowest BCUT2D eigenvalue weighted by atomic mass is 9.97. The largest absolute Gasteiger partial charge is 0.449 e. The maximum absolute atomic E-state index is 13.5. The van der Waals surface area contributed by atoms with Gasteiger partial charge in [0.1, 0.15) is 11.6 Å². The summed E-state index contributed by atoms with van der Waals surface area (Å²) in [5.41, 5.74) is 0.933. The SMILES string of the molecule is CC(OC(=O)c1ccc(F)cc1F)C(=O)NCCC1=CCCCC1. The molecule has 0 aromatic heterocycles. The van der Waals surface area contributed by atoms with Gasteiger partial charge in [-0.1, -0.05) is 11.6 Å². The highest BCUT2D eigenvalue weighted by molar-refractivity contribution is 5.92. The van der Waals surface area contributed by atoms with Crippen molar-refractivity contribution in [1.29, 1.82) is 0 Å². The molecule has 0 heterocycles. The molecule has 0 radical (unpaired) electrons. The summed E-state index contributed by atoms with van der Waals surface area (Å²) in [6.07, 6.45) is 6.46. The van der Waals surface area contributed by atoms with Crippen LogP contribution in [0.1, 0.15) is 49.4 Å². The Hall–Kier alpha value is -2.24. The summed E-state index contributed by atoms with van der Waals surface area (Å²) in [4.78, 5) is 23.8. The van der Waals surface area contributed by atoms with Crippen LogP contribution in [0.4, 0.5) is 8.78 Å². The first-order valence-electron chi connectivity index (χ1n) is 8.09. The molecule has 0 spiro atoms. The fourth-order valence-electron chi connectivity index (χ4n) is 2.55. The highest BCUT2D eigenvalue weighted by atomic mass is 19.1. The van der Waals surface area contributed by atoms with Crippen molar-refractivity contribution in [1.82, 2.24) is 5.32 Å². The van der Waals surface area contributed by atoms with E-state index in [4.69, 9.17) is 4.74 Å². The maximum Gasteiger partial charge on any atom is 0.341 e. The number of carbonyl (C=O) groups excluding carboxylic acids is 2. The zero-order chi connectivity index (χ0) is 17.5. The van der Waals surface area contributed by atoms with Crippen molar-refractivity contribution < 1.29 is 23.1 Å². The van der Waals surface area contributed by atoms with Gasteiger partial charge in [-0.25, -0.2) is 13.6 Å². The van der Waals surface area contributed by atoms with Crippen LogP contribution < -0.4 is 5.32 Å². The number of hydrogen-bond acceptors (Lipinski definition) is 3. The van der Waals surface area contributed by atoms with Crippen LogP contribution in [0, 0.1) is 11.6 Å². The van der Waals surface area contributed by atoms with Crippen LogP contribution >= 0.6 is 0 Å². The summed E-state index contributed by atoms with van der Waals surface area (Å²) in [7, 11) is 0. The van der Waals surface area contributed by atoms with Gasteiger partial charge in [0.2, 0.25) is 0 Å². The molecule has 1 N–H and O–H groups in total. The minimum atomic E-state index is -1.05. The second kappa shape index (κ2) is 8.57. The van der Waals surface area contributed by atoms with Gasteiger partial charge in [-0.3, -0.25) is 4.79 Å². The van der Waals surface area contributed by atoms with Crippen molar-refractivity contribution in [3.8, 4) is 0 Å². The van der Waals surface area contributed by atoms with E-state index in [2.05, 4.69) is 11.4 Å². The quantitative estimate of drug-likeness (QED) is 0.638. The molecule has 1 amide bonds. The number of halogens is 2. The molecule has 1 aromatic carbocycles. The Bertz CT molecular complexity index is 643. The van der Waals surface area contributed by atoms with Crippen LogP contribution in [-0.4, -0.2) is 24.5 Å². The summed E-state index contributed by atoms with van der Waals surface area (Å²) in [6.45, 7) is 1.88. The Labute approximate surface area is 139 Å². The second-order valence-electron chi connectivity index (χ2n) is 5.82. The zero-order valence-electron chi connectivity index (χ0n) is 13.6. The molecule has 6 heteroatoms. The first-order chi connectivity index (χ1) is 11.5. The molecule has 4 nitrogen and oxygen atoms in total. The van der Waals surface area contributed by atoms with Gasteiger partial charge >= 0.3 is 5.97 Å². The van der Waals surface area contributed by atoms with Crippen molar-refractivity contribution in [2.24, 2.45) is 0 Å². The second-order valence-corrected chi connectivity index (χ2v) is 5.82. The Morgan fingerprint density at radius 1 is 1.29 bits per heavy atom. The zero-order valence-corrected chi connectivity index (χ0v) is 13.6. The van der Waals surface area contributed by atoms with E-state index in [1.807, 2.05) is 0 Å². The molecule has 0 fully saturated rings. The van der Waals surface area contributed by atoms with Crippen molar-refractivity contribution in [3.05, 3.63) is 47.0 Å². The van der Waals surface area contributed by atoms with Gasteiger partial charge in [-0.2, -0.15) is 0 Å². The van der Waals surface area contributed by atoms with Crippen LogP contribution in [-0.2, 0) is 9.53 Å². The highest BCUT2D eigenvalue weighted by Gasteiger charge is 2.21. The van der Waals surface area contributed by atoms with Crippen LogP contribution in [0.2, 0.25) is 0 Å². The molecule has 1 aliphatic rings. The third kappa shape index (κ3) is 5.15. The van der Waals surface area contributed by atoms with Gasteiger partial charge in [0.05, 0.1) is 5.56 Å². The first-order valence-corrected chi connectivity index (χ1v) is 8.09. The van der Waals surface area contributed by atoms with E-state index in [-0.39, 0.29) is 0 Å². The van der Waals surface area contributed by atoms with Crippen molar-refractivity contribution in [2.45, 2.75) is 45.1 Å². The number of rotatable bonds is 6. The van der Waals surface area contributed by atoms with Crippen LogP contribution in [0.15, 0.2) is 29.8 Å². The number of benzene rings is 1. The number of hydrogen-bond donors (Lipinski definition) is 1. The average Bonchev–Trinajstić information content (AvgIpc) is 2.55. The van der Waals surface area contributed by atoms with E-state index >= 15 is 0 Å². The molecule has 130 valence electrons. The van der Waals surface area contributed by atoms with E-state index in [0.29, 0.717) is 12.6 Å². The standard InChI is InChI=1S/C18H21F2NO3/c1-12(17(22)21-10-9-13-5-3-2-4-6-13)24-18(23)15-8-7-14(19)11-16(15)20/h5,7-8,11-12H,2-4,6,9-10H2,1H3,(H,21,22). The highest BCUT2D eigenvalue weighted by Crippen LogP contribution is 2.19. The number of nitrogens with one attached hydrogen (secondary N) is 1. The first kappa shape index (κ1) is 18.1. The summed E-state index contributed by atoms with van der Waals surface area (Å²) < 4.78 is 31.3. The van der Waals surface area contributed by atoms with Crippen LogP contribution in [0.3, 0.4) is 0 Å². The molecule has 1 unspecified atom stereocenters. The Morgan fingerprint density at radius 3 is 2.75 bits per heavy atom. The van der Waals surface area contributed by atoms with E-state index in [1.165, 1.54) is 25.3 Å². The number of amides is 1. The minimum Gasteiger partial charge on any atom is -0.449 e. The minimum absolute atomic E-state index is 0.400. The fourth-order valence-corrected chi connectivity index (χ4v) is 2.55. The number of allylic oxidation sites excluding steroid dienone is 1. The number of carbonyl (C=O) groups is 2. The van der Waals surface area contributed by atoms with E-state index in [9.17, 15) is 18.4 Å². The smallest absolute Gasteiger partial charge is 0.341 e. The van der Waals surface area contributed by atoms with Gasteiger partial charge in [-0.05, 0) is 51.2 Å². The molecule has 24 heavy (non-hydrogen) atoms. The average molecular weight is 337 g/mol. The normalized spacial score (nSPS) is 15.4. The lowest BCUT2D eigenvalue weighted by molar-refractivity contribution is -0.129. The Morgan fingerprint density at radius 2 is 2.08 bits per heavy atom. The van der Waals surface area contributed by atoms with E-state index in [1.54, 1.807) is 0 Å². The molecule has 1 aliphatic carbocycles. The topological polar surface area (TPSA) is 55.4 Å². The van der Waals surface area contributed by atoms with Gasteiger partial charge in [0, 0.05) is 12.6 Å². The molecule has 1 aromatic rings. The molecule has 0 saturated carbocycles.